The fourth-order valence-corrected chi connectivity index (χ4v) is 4.52. The van der Waals surface area contributed by atoms with Gasteiger partial charge in [0.15, 0.2) is 0 Å². The second-order valence-corrected chi connectivity index (χ2v) is 7.10. The van der Waals surface area contributed by atoms with Gasteiger partial charge in [0.2, 0.25) is 0 Å². The van der Waals surface area contributed by atoms with E-state index >= 15 is 0 Å². The number of rotatable bonds is 2. The van der Waals surface area contributed by atoms with E-state index in [2.05, 4.69) is 31.9 Å². The third-order valence-corrected chi connectivity index (χ3v) is 4.80. The molecule has 0 bridgehead atoms. The zero-order valence-electron chi connectivity index (χ0n) is 7.37. The Morgan fingerprint density at radius 1 is 1.57 bits per heavy atom. The van der Waals surface area contributed by atoms with E-state index in [9.17, 15) is 5.11 Å². The van der Waals surface area contributed by atoms with E-state index in [0.717, 1.165) is 26.2 Å². The van der Waals surface area contributed by atoms with Crippen LogP contribution in [0.5, 0.6) is 0 Å². The summed E-state index contributed by atoms with van der Waals surface area (Å²) in [5.74, 6) is 0.243. The molecular formula is C9H10Br2O2S. The molecule has 1 saturated heterocycles. The smallest absolute Gasteiger partial charge is 0.0860 e. The molecule has 1 aliphatic rings. The molecule has 1 aromatic rings. The fourth-order valence-electron chi connectivity index (χ4n) is 1.61. The summed E-state index contributed by atoms with van der Waals surface area (Å²) in [5.41, 5.74) is 0.970. The van der Waals surface area contributed by atoms with Crippen molar-refractivity contribution in [3.8, 4) is 0 Å². The van der Waals surface area contributed by atoms with Gasteiger partial charge in [-0.2, -0.15) is 0 Å². The van der Waals surface area contributed by atoms with Crippen LogP contribution < -0.4 is 0 Å². The van der Waals surface area contributed by atoms with E-state index in [-0.39, 0.29) is 5.92 Å². The largest absolute Gasteiger partial charge is 0.388 e. The highest BCUT2D eigenvalue weighted by atomic mass is 79.9. The Morgan fingerprint density at radius 2 is 2.36 bits per heavy atom. The van der Waals surface area contributed by atoms with Crippen molar-refractivity contribution in [2.24, 2.45) is 5.92 Å². The Balaban J connectivity index is 2.17. The van der Waals surface area contributed by atoms with Crippen LogP contribution in [0.3, 0.4) is 0 Å². The lowest BCUT2D eigenvalue weighted by atomic mass is 9.97. The fraction of sp³-hybridized carbons (Fsp3) is 0.556. The topological polar surface area (TPSA) is 29.5 Å². The molecule has 78 valence electrons. The molecule has 1 fully saturated rings. The normalized spacial score (nSPS) is 24.1. The Morgan fingerprint density at radius 3 is 2.86 bits per heavy atom. The van der Waals surface area contributed by atoms with E-state index in [1.807, 2.05) is 6.07 Å². The van der Waals surface area contributed by atoms with Crippen molar-refractivity contribution < 1.29 is 9.84 Å². The summed E-state index contributed by atoms with van der Waals surface area (Å²) in [4.78, 5) is 0. The first-order chi connectivity index (χ1) is 6.68. The van der Waals surface area contributed by atoms with Crippen LogP contribution >= 0.6 is 43.2 Å². The lowest BCUT2D eigenvalue weighted by Crippen LogP contribution is -2.11. The van der Waals surface area contributed by atoms with Crippen LogP contribution in [0.25, 0.3) is 0 Å². The molecule has 0 amide bonds. The number of hydrogen-bond donors (Lipinski definition) is 1. The van der Waals surface area contributed by atoms with Crippen LogP contribution in [0.2, 0.25) is 0 Å². The van der Waals surface area contributed by atoms with E-state index in [4.69, 9.17) is 4.74 Å². The Kier molecular flexibility index (Phi) is 3.65. The summed E-state index contributed by atoms with van der Waals surface area (Å²) in [7, 11) is 0. The minimum Gasteiger partial charge on any atom is -0.388 e. The quantitative estimate of drug-likeness (QED) is 0.893. The molecule has 2 nitrogen and oxygen atoms in total. The zero-order valence-corrected chi connectivity index (χ0v) is 11.4. The summed E-state index contributed by atoms with van der Waals surface area (Å²) >= 11 is 8.45. The molecule has 2 rings (SSSR count). The van der Waals surface area contributed by atoms with Crippen molar-refractivity contribution in [1.29, 1.82) is 0 Å². The first kappa shape index (κ1) is 11.1. The Bertz CT molecular complexity index is 321. The number of thiophene rings is 1. The van der Waals surface area contributed by atoms with Crippen LogP contribution in [0, 0.1) is 5.92 Å². The van der Waals surface area contributed by atoms with Gasteiger partial charge in [0, 0.05) is 18.1 Å². The van der Waals surface area contributed by atoms with Gasteiger partial charge in [-0.25, -0.2) is 0 Å². The summed E-state index contributed by atoms with van der Waals surface area (Å²) in [5, 5.41) is 10.1. The molecule has 0 spiro atoms. The summed E-state index contributed by atoms with van der Waals surface area (Å²) in [6.45, 7) is 1.44. The highest BCUT2D eigenvalue weighted by molar-refractivity contribution is 9.12. The maximum atomic E-state index is 10.1. The third-order valence-electron chi connectivity index (χ3n) is 2.41. The maximum absolute atomic E-state index is 10.1. The lowest BCUT2D eigenvalue weighted by molar-refractivity contribution is 0.0916. The van der Waals surface area contributed by atoms with E-state index in [1.165, 1.54) is 0 Å². The molecule has 5 heteroatoms. The Labute approximate surface area is 104 Å². The molecule has 14 heavy (non-hydrogen) atoms. The first-order valence-corrected chi connectivity index (χ1v) is 6.79. The zero-order chi connectivity index (χ0) is 10.1. The average molecular weight is 342 g/mol. The van der Waals surface area contributed by atoms with Crippen LogP contribution in [0.1, 0.15) is 18.1 Å². The minimum absolute atomic E-state index is 0.243. The number of halogens is 2. The summed E-state index contributed by atoms with van der Waals surface area (Å²) in [6.07, 6.45) is 0.538. The molecule has 2 atom stereocenters. The Hall–Kier alpha value is 0.580. The molecule has 1 N–H and O–H groups in total. The van der Waals surface area contributed by atoms with Crippen LogP contribution in [-0.2, 0) is 4.74 Å². The van der Waals surface area contributed by atoms with Crippen molar-refractivity contribution >= 4 is 43.2 Å². The van der Waals surface area contributed by atoms with E-state index in [0.29, 0.717) is 6.61 Å². The second-order valence-electron chi connectivity index (χ2n) is 3.35. The average Bonchev–Trinajstić information content (AvgIpc) is 2.73. The lowest BCUT2D eigenvalue weighted by Gasteiger charge is -2.15. The van der Waals surface area contributed by atoms with Gasteiger partial charge in [-0.05, 0) is 44.3 Å². The van der Waals surface area contributed by atoms with Crippen LogP contribution in [-0.4, -0.2) is 18.3 Å². The highest BCUT2D eigenvalue weighted by Crippen LogP contribution is 2.39. The van der Waals surface area contributed by atoms with E-state index in [1.54, 1.807) is 11.3 Å². The molecule has 0 aromatic carbocycles. The molecule has 0 saturated carbocycles. The maximum Gasteiger partial charge on any atom is 0.0860 e. The molecule has 2 heterocycles. The van der Waals surface area contributed by atoms with Crippen molar-refractivity contribution in [1.82, 2.24) is 0 Å². The van der Waals surface area contributed by atoms with Gasteiger partial charge >= 0.3 is 0 Å². The van der Waals surface area contributed by atoms with Gasteiger partial charge < -0.3 is 9.84 Å². The molecule has 0 aliphatic carbocycles. The predicted molar refractivity (Wildman–Crippen MR) is 63.6 cm³/mol. The van der Waals surface area contributed by atoms with Crippen molar-refractivity contribution in [3.05, 3.63) is 19.2 Å². The van der Waals surface area contributed by atoms with Crippen molar-refractivity contribution in [3.63, 3.8) is 0 Å². The van der Waals surface area contributed by atoms with Gasteiger partial charge in [0.25, 0.3) is 0 Å². The third kappa shape index (κ3) is 2.22. The van der Waals surface area contributed by atoms with E-state index < -0.39 is 6.10 Å². The predicted octanol–water partition coefficient (Wildman–Crippen LogP) is 3.34. The van der Waals surface area contributed by atoms with Gasteiger partial charge in [0.05, 0.1) is 20.3 Å². The molecule has 1 aromatic heterocycles. The molecule has 1 aliphatic heterocycles. The summed E-state index contributed by atoms with van der Waals surface area (Å²) in [6, 6.07) is 1.97. The second kappa shape index (κ2) is 4.61. The number of hydrogen-bond acceptors (Lipinski definition) is 3. The number of ether oxygens (including phenoxy) is 1. The van der Waals surface area contributed by atoms with Crippen LogP contribution in [0.4, 0.5) is 0 Å². The van der Waals surface area contributed by atoms with Gasteiger partial charge in [-0.3, -0.25) is 0 Å². The highest BCUT2D eigenvalue weighted by Gasteiger charge is 2.27. The standard InChI is InChI=1S/C9H10Br2O2S/c10-7-3-6(9(11)14-7)8(12)5-1-2-13-4-5/h3,5,8,12H,1-2,4H2. The first-order valence-electron chi connectivity index (χ1n) is 4.39. The molecule has 2 unspecified atom stereocenters. The monoisotopic (exact) mass is 340 g/mol. The number of aliphatic hydroxyl groups is 1. The molecular weight excluding hydrogens is 332 g/mol. The van der Waals surface area contributed by atoms with Gasteiger partial charge in [0.1, 0.15) is 0 Å². The number of aliphatic hydroxyl groups excluding tert-OH is 1. The van der Waals surface area contributed by atoms with Crippen LogP contribution in [0.15, 0.2) is 13.6 Å². The van der Waals surface area contributed by atoms with Crippen molar-refractivity contribution in [2.45, 2.75) is 12.5 Å². The minimum atomic E-state index is -0.408. The van der Waals surface area contributed by atoms with Gasteiger partial charge in [-0.15, -0.1) is 11.3 Å². The van der Waals surface area contributed by atoms with Gasteiger partial charge in [-0.1, -0.05) is 0 Å². The SMILES string of the molecule is OC(c1cc(Br)sc1Br)C1CCOC1. The summed E-state index contributed by atoms with van der Waals surface area (Å²) < 4.78 is 7.31. The van der Waals surface area contributed by atoms with Crippen molar-refractivity contribution in [2.75, 3.05) is 13.2 Å². The molecule has 0 radical (unpaired) electrons.